The average Bonchev–Trinajstić information content (AvgIpc) is 2.17. The summed E-state index contributed by atoms with van der Waals surface area (Å²) in [5, 5.41) is 2.89. The van der Waals surface area contributed by atoms with Crippen LogP contribution in [-0.2, 0) is 4.79 Å². The van der Waals surface area contributed by atoms with Gasteiger partial charge in [0.05, 0.1) is 6.04 Å². The highest BCUT2D eigenvalue weighted by atomic mass is 79.9. The van der Waals surface area contributed by atoms with E-state index in [1.54, 1.807) is 0 Å². The molecule has 0 radical (unpaired) electrons. The molecule has 1 aromatic carbocycles. The van der Waals surface area contributed by atoms with Crippen molar-refractivity contribution in [2.24, 2.45) is 0 Å². The molecule has 0 spiro atoms. The predicted molar refractivity (Wildman–Crippen MR) is 65.5 cm³/mol. The van der Waals surface area contributed by atoms with Crippen LogP contribution in [0, 0.1) is 0 Å². The van der Waals surface area contributed by atoms with Gasteiger partial charge in [0.25, 0.3) is 0 Å². The minimum atomic E-state index is -0.0234. The van der Waals surface area contributed by atoms with Crippen LogP contribution in [0.3, 0.4) is 0 Å². The highest BCUT2D eigenvalue weighted by Gasteiger charge is 2.10. The van der Waals surface area contributed by atoms with E-state index in [4.69, 9.17) is 0 Å². The predicted octanol–water partition coefficient (Wildman–Crippen LogP) is 3.20. The molecule has 0 aliphatic carbocycles. The third kappa shape index (κ3) is 3.88. The second-order valence-corrected chi connectivity index (χ2v) is 4.24. The molecule has 3 heteroatoms. The molecule has 1 atom stereocenters. The van der Waals surface area contributed by atoms with E-state index in [9.17, 15) is 4.79 Å². The first-order chi connectivity index (χ1) is 7.13. The van der Waals surface area contributed by atoms with Gasteiger partial charge in [0.1, 0.15) is 0 Å². The molecule has 0 saturated heterocycles. The Morgan fingerprint density at radius 2 is 2.13 bits per heavy atom. The number of nitrogens with one attached hydrogen (secondary N) is 1. The Balaban J connectivity index is 2.83. The van der Waals surface area contributed by atoms with E-state index in [0.717, 1.165) is 16.5 Å². The molecule has 0 aromatic heterocycles. The van der Waals surface area contributed by atoms with Crippen molar-refractivity contribution >= 4 is 21.8 Å². The highest BCUT2D eigenvalue weighted by Crippen LogP contribution is 2.19. The van der Waals surface area contributed by atoms with E-state index in [0.29, 0.717) is 0 Å². The summed E-state index contributed by atoms with van der Waals surface area (Å²) >= 11 is 3.38. The Morgan fingerprint density at radius 1 is 1.53 bits per heavy atom. The monoisotopic (exact) mass is 267 g/mol. The van der Waals surface area contributed by atoms with Crippen LogP contribution in [-0.4, -0.2) is 5.91 Å². The van der Waals surface area contributed by atoms with Crippen LogP contribution in [0.15, 0.2) is 41.4 Å². The SMILES string of the molecule is C=CCC(NC(C)=O)c1ccc(Br)cc1. The zero-order valence-corrected chi connectivity index (χ0v) is 10.3. The van der Waals surface area contributed by atoms with E-state index < -0.39 is 0 Å². The fourth-order valence-corrected chi connectivity index (χ4v) is 1.65. The number of amides is 1. The van der Waals surface area contributed by atoms with Crippen LogP contribution in [0.2, 0.25) is 0 Å². The fourth-order valence-electron chi connectivity index (χ4n) is 1.39. The van der Waals surface area contributed by atoms with Crippen molar-refractivity contribution in [1.29, 1.82) is 0 Å². The molecule has 80 valence electrons. The standard InChI is InChI=1S/C12H14BrNO/c1-3-4-12(14-9(2)15)10-5-7-11(13)8-6-10/h3,5-8,12H,1,4H2,2H3,(H,14,15). The fraction of sp³-hybridized carbons (Fsp3) is 0.250. The van der Waals surface area contributed by atoms with Crippen molar-refractivity contribution in [2.75, 3.05) is 0 Å². The summed E-state index contributed by atoms with van der Waals surface area (Å²) < 4.78 is 1.03. The summed E-state index contributed by atoms with van der Waals surface area (Å²) in [6.45, 7) is 5.21. The van der Waals surface area contributed by atoms with Crippen LogP contribution < -0.4 is 5.32 Å². The van der Waals surface area contributed by atoms with E-state index >= 15 is 0 Å². The number of benzene rings is 1. The van der Waals surface area contributed by atoms with Crippen LogP contribution in [0.25, 0.3) is 0 Å². The van der Waals surface area contributed by atoms with Gasteiger partial charge >= 0.3 is 0 Å². The zero-order chi connectivity index (χ0) is 11.3. The molecule has 15 heavy (non-hydrogen) atoms. The lowest BCUT2D eigenvalue weighted by atomic mass is 10.0. The lowest BCUT2D eigenvalue weighted by molar-refractivity contribution is -0.119. The van der Waals surface area contributed by atoms with E-state index in [1.165, 1.54) is 6.92 Å². The summed E-state index contributed by atoms with van der Waals surface area (Å²) in [5.41, 5.74) is 1.09. The maximum atomic E-state index is 11.0. The number of carbonyl (C=O) groups excluding carboxylic acids is 1. The quantitative estimate of drug-likeness (QED) is 0.835. The van der Waals surface area contributed by atoms with Crippen molar-refractivity contribution in [3.05, 3.63) is 47.0 Å². The molecule has 0 bridgehead atoms. The van der Waals surface area contributed by atoms with Crippen molar-refractivity contribution in [3.63, 3.8) is 0 Å². The Kier molecular flexibility index (Phi) is 4.56. The Bertz CT molecular complexity index is 345. The van der Waals surface area contributed by atoms with Crippen molar-refractivity contribution in [1.82, 2.24) is 5.32 Å². The third-order valence-corrected chi connectivity index (χ3v) is 2.58. The normalized spacial score (nSPS) is 11.9. The van der Waals surface area contributed by atoms with Gasteiger partial charge in [-0.1, -0.05) is 34.1 Å². The van der Waals surface area contributed by atoms with Gasteiger partial charge in [0, 0.05) is 11.4 Å². The zero-order valence-electron chi connectivity index (χ0n) is 8.66. The van der Waals surface area contributed by atoms with Crippen LogP contribution in [0.4, 0.5) is 0 Å². The van der Waals surface area contributed by atoms with Gasteiger partial charge in [0.15, 0.2) is 0 Å². The van der Waals surface area contributed by atoms with Crippen LogP contribution >= 0.6 is 15.9 Å². The molecule has 1 rings (SSSR count). The second kappa shape index (κ2) is 5.71. The van der Waals surface area contributed by atoms with Crippen molar-refractivity contribution in [2.45, 2.75) is 19.4 Å². The minimum absolute atomic E-state index is 0.0214. The average molecular weight is 268 g/mol. The van der Waals surface area contributed by atoms with Crippen molar-refractivity contribution < 1.29 is 4.79 Å². The molecule has 0 aliphatic rings. The molecule has 0 aliphatic heterocycles. The summed E-state index contributed by atoms with van der Waals surface area (Å²) in [4.78, 5) is 11.0. The topological polar surface area (TPSA) is 29.1 Å². The largest absolute Gasteiger partial charge is 0.349 e. The number of hydrogen-bond donors (Lipinski definition) is 1. The molecule has 1 aromatic rings. The smallest absolute Gasteiger partial charge is 0.217 e. The van der Waals surface area contributed by atoms with Gasteiger partial charge < -0.3 is 5.32 Å². The Hall–Kier alpha value is -1.09. The Labute approximate surface area is 98.5 Å². The summed E-state index contributed by atoms with van der Waals surface area (Å²) in [7, 11) is 0. The molecule has 1 amide bonds. The number of rotatable bonds is 4. The van der Waals surface area contributed by atoms with Gasteiger partial charge in [-0.2, -0.15) is 0 Å². The third-order valence-electron chi connectivity index (χ3n) is 2.05. The first-order valence-electron chi connectivity index (χ1n) is 4.77. The van der Waals surface area contributed by atoms with Crippen molar-refractivity contribution in [3.8, 4) is 0 Å². The molecule has 0 saturated carbocycles. The molecule has 1 N–H and O–H groups in total. The lowest BCUT2D eigenvalue weighted by Gasteiger charge is -2.16. The highest BCUT2D eigenvalue weighted by molar-refractivity contribution is 9.10. The number of carbonyl (C=O) groups is 1. The minimum Gasteiger partial charge on any atom is -0.349 e. The summed E-state index contributed by atoms with van der Waals surface area (Å²) in [6.07, 6.45) is 2.55. The number of halogens is 1. The maximum Gasteiger partial charge on any atom is 0.217 e. The molecule has 2 nitrogen and oxygen atoms in total. The molecule has 0 fully saturated rings. The maximum absolute atomic E-state index is 11.0. The number of hydrogen-bond acceptors (Lipinski definition) is 1. The van der Waals surface area contributed by atoms with Gasteiger partial charge in [0.2, 0.25) is 5.91 Å². The van der Waals surface area contributed by atoms with E-state index in [2.05, 4.69) is 27.8 Å². The van der Waals surface area contributed by atoms with E-state index in [-0.39, 0.29) is 11.9 Å². The van der Waals surface area contributed by atoms with E-state index in [1.807, 2.05) is 30.3 Å². The Morgan fingerprint density at radius 3 is 2.60 bits per heavy atom. The summed E-state index contributed by atoms with van der Waals surface area (Å²) in [6, 6.07) is 7.94. The van der Waals surface area contributed by atoms with Gasteiger partial charge in [-0.15, -0.1) is 6.58 Å². The first kappa shape index (κ1) is 12.0. The summed E-state index contributed by atoms with van der Waals surface area (Å²) in [5.74, 6) is -0.0234. The lowest BCUT2D eigenvalue weighted by Crippen LogP contribution is -2.25. The van der Waals surface area contributed by atoms with Crippen LogP contribution in [0.1, 0.15) is 24.9 Å². The first-order valence-corrected chi connectivity index (χ1v) is 5.56. The van der Waals surface area contributed by atoms with Gasteiger partial charge in [-0.25, -0.2) is 0 Å². The molecule has 1 unspecified atom stereocenters. The molecular formula is C12H14BrNO. The second-order valence-electron chi connectivity index (χ2n) is 3.33. The van der Waals surface area contributed by atoms with Gasteiger partial charge in [-0.3, -0.25) is 4.79 Å². The molecule has 0 heterocycles. The van der Waals surface area contributed by atoms with Crippen LogP contribution in [0.5, 0.6) is 0 Å². The molecular weight excluding hydrogens is 254 g/mol. The van der Waals surface area contributed by atoms with Gasteiger partial charge in [-0.05, 0) is 24.1 Å².